The number of hydrogen-bond acceptors (Lipinski definition) is 3. The molecule has 0 bridgehead atoms. The van der Waals surface area contributed by atoms with E-state index in [4.69, 9.17) is 10.5 Å². The van der Waals surface area contributed by atoms with E-state index in [1.165, 1.54) is 12.8 Å². The molecule has 5 heteroatoms. The third-order valence-electron chi connectivity index (χ3n) is 3.08. The lowest BCUT2D eigenvalue weighted by atomic mass is 10.1. The number of nitrogen functional groups attached to an aromatic ring is 1. The number of ether oxygens (including phenoxy) is 1. The van der Waals surface area contributed by atoms with Gasteiger partial charge in [-0.1, -0.05) is 6.07 Å². The van der Waals surface area contributed by atoms with Crippen molar-refractivity contribution in [3.05, 3.63) is 28.9 Å². The summed E-state index contributed by atoms with van der Waals surface area (Å²) < 4.78 is 6.71. The van der Waals surface area contributed by atoms with Crippen molar-refractivity contribution in [2.45, 2.75) is 12.8 Å². The molecule has 1 aliphatic rings. The summed E-state index contributed by atoms with van der Waals surface area (Å²) in [4.78, 5) is 0. The van der Waals surface area contributed by atoms with Gasteiger partial charge in [-0.2, -0.15) is 5.10 Å². The van der Waals surface area contributed by atoms with Crippen molar-refractivity contribution in [2.75, 3.05) is 12.3 Å². The van der Waals surface area contributed by atoms with E-state index in [0.29, 0.717) is 5.82 Å². The highest BCUT2D eigenvalue weighted by atomic mass is 79.9. The zero-order valence-corrected chi connectivity index (χ0v) is 11.4. The van der Waals surface area contributed by atoms with E-state index >= 15 is 0 Å². The molecule has 1 heterocycles. The summed E-state index contributed by atoms with van der Waals surface area (Å²) in [6, 6.07) is 5.96. The minimum atomic E-state index is 0.577. The average Bonchev–Trinajstić information content (AvgIpc) is 3.09. The van der Waals surface area contributed by atoms with Gasteiger partial charge in [0.25, 0.3) is 0 Å². The quantitative estimate of drug-likeness (QED) is 0.911. The molecule has 1 saturated carbocycles. The van der Waals surface area contributed by atoms with Crippen LogP contribution >= 0.6 is 15.9 Å². The summed E-state index contributed by atoms with van der Waals surface area (Å²) in [7, 11) is 0. The Morgan fingerprint density at radius 1 is 1.44 bits per heavy atom. The molecule has 3 N–H and O–H groups in total. The highest BCUT2D eigenvalue weighted by Crippen LogP contribution is 2.34. The minimum absolute atomic E-state index is 0.577. The number of nitrogens with zero attached hydrogens (tertiary/aromatic N) is 1. The molecule has 1 aliphatic carbocycles. The van der Waals surface area contributed by atoms with Crippen molar-refractivity contribution in [3.8, 4) is 16.9 Å². The third-order valence-corrected chi connectivity index (χ3v) is 3.70. The van der Waals surface area contributed by atoms with E-state index in [2.05, 4.69) is 26.1 Å². The monoisotopic (exact) mass is 307 g/mol. The van der Waals surface area contributed by atoms with Crippen LogP contribution in [-0.2, 0) is 0 Å². The fourth-order valence-corrected chi connectivity index (χ4v) is 2.30. The lowest BCUT2D eigenvalue weighted by molar-refractivity contribution is 0.298. The first-order valence-corrected chi connectivity index (χ1v) is 6.75. The van der Waals surface area contributed by atoms with Crippen LogP contribution < -0.4 is 10.5 Å². The highest BCUT2D eigenvalue weighted by molar-refractivity contribution is 9.10. The Balaban J connectivity index is 1.81. The van der Waals surface area contributed by atoms with Crippen LogP contribution in [0.25, 0.3) is 11.1 Å². The number of halogens is 1. The molecule has 0 aliphatic heterocycles. The Labute approximate surface area is 114 Å². The van der Waals surface area contributed by atoms with Gasteiger partial charge in [0.2, 0.25) is 0 Å². The smallest absolute Gasteiger partial charge is 0.133 e. The highest BCUT2D eigenvalue weighted by Gasteiger charge is 2.22. The number of nitrogens with one attached hydrogen (secondary N) is 1. The van der Waals surface area contributed by atoms with Gasteiger partial charge in [-0.05, 0) is 52.4 Å². The number of anilines is 1. The fraction of sp³-hybridized carbons (Fsp3) is 0.308. The maximum absolute atomic E-state index is 5.80. The van der Waals surface area contributed by atoms with Crippen molar-refractivity contribution >= 4 is 21.7 Å². The number of aromatic amines is 1. The molecule has 3 rings (SSSR count). The third kappa shape index (κ3) is 2.36. The Morgan fingerprint density at radius 2 is 2.28 bits per heavy atom. The Bertz CT molecular complexity index is 563. The first-order valence-electron chi connectivity index (χ1n) is 5.95. The van der Waals surface area contributed by atoms with Crippen LogP contribution in [0.4, 0.5) is 5.82 Å². The van der Waals surface area contributed by atoms with Crippen molar-refractivity contribution in [3.63, 3.8) is 0 Å². The van der Waals surface area contributed by atoms with Gasteiger partial charge in [-0.15, -0.1) is 0 Å². The van der Waals surface area contributed by atoms with Crippen molar-refractivity contribution in [1.82, 2.24) is 10.2 Å². The van der Waals surface area contributed by atoms with Gasteiger partial charge in [-0.3, -0.25) is 5.10 Å². The minimum Gasteiger partial charge on any atom is -0.492 e. The van der Waals surface area contributed by atoms with E-state index in [1.54, 1.807) is 6.20 Å². The van der Waals surface area contributed by atoms with Crippen molar-refractivity contribution < 1.29 is 4.74 Å². The lowest BCUT2D eigenvalue weighted by Gasteiger charge is -2.09. The number of aromatic nitrogens is 2. The number of H-pyrrole nitrogens is 1. The van der Waals surface area contributed by atoms with Gasteiger partial charge in [0.15, 0.2) is 0 Å². The standard InChI is InChI=1S/C13H14BrN3O/c14-11-5-9(10-6-16-17-13(10)15)3-4-12(11)18-7-8-1-2-8/h3-6,8H,1-2,7H2,(H3,15,16,17). The maximum atomic E-state index is 5.80. The molecule has 1 aromatic heterocycles. The molecule has 1 fully saturated rings. The lowest BCUT2D eigenvalue weighted by Crippen LogP contribution is -1.99. The van der Waals surface area contributed by atoms with Gasteiger partial charge in [0, 0.05) is 5.56 Å². The first kappa shape index (κ1) is 11.6. The van der Waals surface area contributed by atoms with E-state index in [-0.39, 0.29) is 0 Å². The summed E-state index contributed by atoms with van der Waals surface area (Å²) in [5, 5.41) is 6.65. The predicted molar refractivity (Wildman–Crippen MR) is 74.4 cm³/mol. The summed E-state index contributed by atoms with van der Waals surface area (Å²) in [6.45, 7) is 0.811. The second kappa shape index (κ2) is 4.65. The molecule has 1 aromatic carbocycles. The predicted octanol–water partition coefficient (Wildman–Crippen LogP) is 3.21. The van der Waals surface area contributed by atoms with Crippen LogP contribution in [0.5, 0.6) is 5.75 Å². The van der Waals surface area contributed by atoms with Gasteiger partial charge < -0.3 is 10.5 Å². The molecular formula is C13H14BrN3O. The van der Waals surface area contributed by atoms with Crippen LogP contribution in [0.1, 0.15) is 12.8 Å². The Kier molecular flexibility index (Phi) is 2.99. The molecule has 0 saturated heterocycles. The first-order chi connectivity index (χ1) is 8.74. The topological polar surface area (TPSA) is 63.9 Å². The molecule has 0 unspecified atom stereocenters. The molecule has 0 radical (unpaired) electrons. The van der Waals surface area contributed by atoms with E-state index in [1.807, 2.05) is 18.2 Å². The van der Waals surface area contributed by atoms with Crippen LogP contribution in [0.3, 0.4) is 0 Å². The summed E-state index contributed by atoms with van der Waals surface area (Å²) >= 11 is 3.53. The molecule has 0 spiro atoms. The largest absolute Gasteiger partial charge is 0.492 e. The molecule has 94 valence electrons. The zero-order chi connectivity index (χ0) is 12.5. The van der Waals surface area contributed by atoms with Crippen LogP contribution in [-0.4, -0.2) is 16.8 Å². The van der Waals surface area contributed by atoms with Crippen LogP contribution in [0.2, 0.25) is 0 Å². The van der Waals surface area contributed by atoms with E-state index < -0.39 is 0 Å². The van der Waals surface area contributed by atoms with E-state index in [9.17, 15) is 0 Å². The number of hydrogen-bond donors (Lipinski definition) is 2. The van der Waals surface area contributed by atoms with Crippen LogP contribution in [0, 0.1) is 5.92 Å². The second-order valence-electron chi connectivity index (χ2n) is 4.60. The van der Waals surface area contributed by atoms with Gasteiger partial charge in [0.1, 0.15) is 11.6 Å². The fourth-order valence-electron chi connectivity index (χ4n) is 1.80. The summed E-state index contributed by atoms with van der Waals surface area (Å²) in [5.41, 5.74) is 7.73. The maximum Gasteiger partial charge on any atom is 0.133 e. The molecule has 4 nitrogen and oxygen atoms in total. The zero-order valence-electron chi connectivity index (χ0n) is 9.82. The van der Waals surface area contributed by atoms with Gasteiger partial charge in [-0.25, -0.2) is 0 Å². The molecule has 18 heavy (non-hydrogen) atoms. The van der Waals surface area contributed by atoms with Gasteiger partial charge in [0.05, 0.1) is 17.3 Å². The number of rotatable bonds is 4. The molecule has 0 amide bonds. The molecular weight excluding hydrogens is 294 g/mol. The average molecular weight is 308 g/mol. The molecule has 2 aromatic rings. The number of nitrogens with two attached hydrogens (primary N) is 1. The Morgan fingerprint density at radius 3 is 2.89 bits per heavy atom. The SMILES string of the molecule is Nc1[nH]ncc1-c1ccc(OCC2CC2)c(Br)c1. The normalized spacial score (nSPS) is 14.7. The van der Waals surface area contributed by atoms with Gasteiger partial charge >= 0.3 is 0 Å². The summed E-state index contributed by atoms with van der Waals surface area (Å²) in [6.07, 6.45) is 4.31. The molecule has 0 atom stereocenters. The van der Waals surface area contributed by atoms with E-state index in [0.717, 1.165) is 33.9 Å². The second-order valence-corrected chi connectivity index (χ2v) is 5.45. The van der Waals surface area contributed by atoms with Crippen molar-refractivity contribution in [1.29, 1.82) is 0 Å². The van der Waals surface area contributed by atoms with Crippen LogP contribution in [0.15, 0.2) is 28.9 Å². The Hall–Kier alpha value is -1.49. The number of benzene rings is 1. The summed E-state index contributed by atoms with van der Waals surface area (Å²) in [5.74, 6) is 2.21. The van der Waals surface area contributed by atoms with Crippen molar-refractivity contribution in [2.24, 2.45) is 5.92 Å².